The zero-order valence-electron chi connectivity index (χ0n) is 11.7. The van der Waals surface area contributed by atoms with Gasteiger partial charge < -0.3 is 15.5 Å². The van der Waals surface area contributed by atoms with Gasteiger partial charge in [0.25, 0.3) is 0 Å². The first-order chi connectivity index (χ1) is 7.92. The molecule has 1 fully saturated rings. The summed E-state index contributed by atoms with van der Waals surface area (Å²) in [7, 11) is 4.11. The first-order valence-electron chi connectivity index (χ1n) is 6.59. The summed E-state index contributed by atoms with van der Waals surface area (Å²) in [5.74, 6) is 0.131. The van der Waals surface area contributed by atoms with E-state index < -0.39 is 0 Å². The summed E-state index contributed by atoms with van der Waals surface area (Å²) < 4.78 is 0. The molecule has 0 spiro atoms. The highest BCUT2D eigenvalue weighted by Crippen LogP contribution is 2.17. The summed E-state index contributed by atoms with van der Waals surface area (Å²) in [4.78, 5) is 13.8. The molecule has 0 radical (unpaired) electrons. The third-order valence-corrected chi connectivity index (χ3v) is 3.77. The van der Waals surface area contributed by atoms with E-state index in [0.29, 0.717) is 12.6 Å². The molecule has 1 aliphatic carbocycles. The molecule has 1 aliphatic rings. The summed E-state index contributed by atoms with van der Waals surface area (Å²) in [6, 6.07) is 0.422. The monoisotopic (exact) mass is 241 g/mol. The maximum absolute atomic E-state index is 11.7. The van der Waals surface area contributed by atoms with E-state index in [-0.39, 0.29) is 11.4 Å². The topological polar surface area (TPSA) is 44.4 Å². The summed E-state index contributed by atoms with van der Waals surface area (Å²) in [6.45, 7) is 5.57. The number of amides is 1. The third kappa shape index (κ3) is 5.04. The Morgan fingerprint density at radius 2 is 1.88 bits per heavy atom. The molecule has 1 amide bonds. The number of carbonyl (C=O) groups is 1. The number of rotatable bonds is 6. The van der Waals surface area contributed by atoms with E-state index in [1.54, 1.807) is 0 Å². The Hall–Kier alpha value is -0.610. The van der Waals surface area contributed by atoms with E-state index >= 15 is 0 Å². The normalized spacial score (nSPS) is 17.7. The van der Waals surface area contributed by atoms with Gasteiger partial charge in [-0.3, -0.25) is 4.79 Å². The second kappa shape index (κ2) is 6.36. The van der Waals surface area contributed by atoms with Crippen molar-refractivity contribution in [3.8, 4) is 0 Å². The van der Waals surface area contributed by atoms with Gasteiger partial charge in [-0.2, -0.15) is 0 Å². The van der Waals surface area contributed by atoms with Crippen molar-refractivity contribution in [2.24, 2.45) is 0 Å². The molecule has 0 unspecified atom stereocenters. The fourth-order valence-electron chi connectivity index (χ4n) is 1.99. The van der Waals surface area contributed by atoms with Crippen molar-refractivity contribution in [3.63, 3.8) is 0 Å². The molecule has 4 nitrogen and oxygen atoms in total. The molecule has 0 aromatic heterocycles. The number of carbonyl (C=O) groups excluding carboxylic acids is 1. The fourth-order valence-corrected chi connectivity index (χ4v) is 1.99. The van der Waals surface area contributed by atoms with Crippen LogP contribution in [-0.4, -0.2) is 49.6 Å². The lowest BCUT2D eigenvalue weighted by Crippen LogP contribution is -2.49. The molecule has 0 aromatic carbocycles. The van der Waals surface area contributed by atoms with Crippen LogP contribution in [0.2, 0.25) is 0 Å². The molecule has 1 rings (SSSR count). The number of likely N-dealkylation sites (N-methyl/N-ethyl adjacent to an activating group) is 1. The van der Waals surface area contributed by atoms with Crippen LogP contribution in [0.15, 0.2) is 0 Å². The van der Waals surface area contributed by atoms with Crippen molar-refractivity contribution >= 4 is 5.91 Å². The first kappa shape index (κ1) is 14.5. The van der Waals surface area contributed by atoms with E-state index in [0.717, 1.165) is 19.4 Å². The summed E-state index contributed by atoms with van der Waals surface area (Å²) in [6.07, 6.45) is 4.81. The van der Waals surface area contributed by atoms with Gasteiger partial charge in [-0.05, 0) is 40.8 Å². The largest absolute Gasteiger partial charge is 0.352 e. The lowest BCUT2D eigenvalue weighted by atomic mass is 10.0. The lowest BCUT2D eigenvalue weighted by Gasteiger charge is -2.32. The number of hydrogen-bond acceptors (Lipinski definition) is 3. The van der Waals surface area contributed by atoms with Gasteiger partial charge in [-0.25, -0.2) is 0 Å². The molecule has 0 aliphatic heterocycles. The van der Waals surface area contributed by atoms with Crippen molar-refractivity contribution in [2.45, 2.75) is 51.1 Å². The number of hydrogen-bond donors (Lipinski definition) is 2. The van der Waals surface area contributed by atoms with Crippen molar-refractivity contribution in [2.75, 3.05) is 27.2 Å². The first-order valence-corrected chi connectivity index (χ1v) is 6.59. The SMILES string of the molecule is CN(C)C(C)(C)CNCC(=O)NC1CCCC1. The predicted molar refractivity (Wildman–Crippen MR) is 71.0 cm³/mol. The fraction of sp³-hybridized carbons (Fsp3) is 0.923. The Morgan fingerprint density at radius 3 is 2.41 bits per heavy atom. The highest BCUT2D eigenvalue weighted by molar-refractivity contribution is 5.78. The van der Waals surface area contributed by atoms with Crippen LogP contribution in [0.1, 0.15) is 39.5 Å². The van der Waals surface area contributed by atoms with Crippen LogP contribution < -0.4 is 10.6 Å². The van der Waals surface area contributed by atoms with E-state index in [4.69, 9.17) is 0 Å². The van der Waals surface area contributed by atoms with E-state index in [1.165, 1.54) is 12.8 Å². The van der Waals surface area contributed by atoms with Crippen LogP contribution >= 0.6 is 0 Å². The zero-order valence-corrected chi connectivity index (χ0v) is 11.7. The maximum Gasteiger partial charge on any atom is 0.234 e. The number of nitrogens with zero attached hydrogens (tertiary/aromatic N) is 1. The smallest absolute Gasteiger partial charge is 0.234 e. The van der Waals surface area contributed by atoms with Crippen molar-refractivity contribution in [1.29, 1.82) is 0 Å². The summed E-state index contributed by atoms with van der Waals surface area (Å²) in [5.41, 5.74) is 0.0770. The van der Waals surface area contributed by atoms with Gasteiger partial charge in [-0.1, -0.05) is 12.8 Å². The average Bonchev–Trinajstić information content (AvgIpc) is 2.69. The second-order valence-corrected chi connectivity index (χ2v) is 5.86. The standard InChI is InChI=1S/C13H27N3O/c1-13(2,16(3)4)10-14-9-12(17)15-11-7-5-6-8-11/h11,14H,5-10H2,1-4H3,(H,15,17). The second-order valence-electron chi connectivity index (χ2n) is 5.86. The molecule has 100 valence electrons. The van der Waals surface area contributed by atoms with Crippen LogP contribution in [0.4, 0.5) is 0 Å². The minimum atomic E-state index is 0.0770. The van der Waals surface area contributed by atoms with Gasteiger partial charge in [0, 0.05) is 18.1 Å². The Labute approximate surface area is 105 Å². The van der Waals surface area contributed by atoms with Gasteiger partial charge in [0.15, 0.2) is 0 Å². The molecule has 17 heavy (non-hydrogen) atoms. The van der Waals surface area contributed by atoms with Crippen LogP contribution in [0.3, 0.4) is 0 Å². The Morgan fingerprint density at radius 1 is 1.29 bits per heavy atom. The van der Waals surface area contributed by atoms with Gasteiger partial charge >= 0.3 is 0 Å². The van der Waals surface area contributed by atoms with Gasteiger partial charge in [0.05, 0.1) is 6.54 Å². The Kier molecular flexibility index (Phi) is 5.40. The molecule has 4 heteroatoms. The highest BCUT2D eigenvalue weighted by atomic mass is 16.1. The highest BCUT2D eigenvalue weighted by Gasteiger charge is 2.21. The third-order valence-electron chi connectivity index (χ3n) is 3.77. The summed E-state index contributed by atoms with van der Waals surface area (Å²) in [5, 5.41) is 6.31. The average molecular weight is 241 g/mol. The molecule has 2 N–H and O–H groups in total. The van der Waals surface area contributed by atoms with Crippen LogP contribution in [0.5, 0.6) is 0 Å². The predicted octanol–water partition coefficient (Wildman–Crippen LogP) is 0.975. The van der Waals surface area contributed by atoms with E-state index in [1.807, 2.05) is 0 Å². The molecule has 1 saturated carbocycles. The quantitative estimate of drug-likeness (QED) is 0.728. The minimum Gasteiger partial charge on any atom is -0.352 e. The van der Waals surface area contributed by atoms with Gasteiger partial charge in [-0.15, -0.1) is 0 Å². The van der Waals surface area contributed by atoms with Crippen LogP contribution in [0, 0.1) is 0 Å². The maximum atomic E-state index is 11.7. The van der Waals surface area contributed by atoms with Gasteiger partial charge in [0.1, 0.15) is 0 Å². The molecule has 0 bridgehead atoms. The van der Waals surface area contributed by atoms with Crippen molar-refractivity contribution in [3.05, 3.63) is 0 Å². The number of nitrogens with one attached hydrogen (secondary N) is 2. The van der Waals surface area contributed by atoms with Crippen molar-refractivity contribution < 1.29 is 4.79 Å². The van der Waals surface area contributed by atoms with Crippen LogP contribution in [0.25, 0.3) is 0 Å². The van der Waals surface area contributed by atoms with E-state index in [9.17, 15) is 4.79 Å². The van der Waals surface area contributed by atoms with Crippen molar-refractivity contribution in [1.82, 2.24) is 15.5 Å². The molecule has 0 heterocycles. The van der Waals surface area contributed by atoms with Crippen LogP contribution in [-0.2, 0) is 4.79 Å². The molecular formula is C13H27N3O. The molecule has 0 saturated heterocycles. The van der Waals surface area contributed by atoms with Gasteiger partial charge in [0.2, 0.25) is 5.91 Å². The minimum absolute atomic E-state index is 0.0770. The molecule has 0 aromatic rings. The Balaban J connectivity index is 2.15. The molecular weight excluding hydrogens is 214 g/mol. The Bertz CT molecular complexity index is 245. The lowest BCUT2D eigenvalue weighted by molar-refractivity contribution is -0.121. The molecule has 0 atom stereocenters. The summed E-state index contributed by atoms with van der Waals surface area (Å²) >= 11 is 0. The zero-order chi connectivity index (χ0) is 12.9. The van der Waals surface area contributed by atoms with E-state index in [2.05, 4.69) is 43.5 Å².